The summed E-state index contributed by atoms with van der Waals surface area (Å²) in [6.07, 6.45) is 1.08. The molecule has 0 bridgehead atoms. The van der Waals surface area contributed by atoms with Crippen LogP contribution in [0.4, 0.5) is 11.5 Å². The van der Waals surface area contributed by atoms with Crippen molar-refractivity contribution < 1.29 is 9.66 Å². The highest BCUT2D eigenvalue weighted by molar-refractivity contribution is 6.28. The highest BCUT2D eigenvalue weighted by Gasteiger charge is 2.19. The van der Waals surface area contributed by atoms with E-state index in [2.05, 4.69) is 15.3 Å². The number of rotatable bonds is 5. The van der Waals surface area contributed by atoms with Crippen LogP contribution in [0.3, 0.4) is 0 Å². The normalized spacial score (nSPS) is 11.8. The number of hydrogen-bond donors (Lipinski definition) is 1. The van der Waals surface area contributed by atoms with Gasteiger partial charge < -0.3 is 10.1 Å². The number of ether oxygens (including phenoxy) is 1. The molecule has 1 aromatic heterocycles. The van der Waals surface area contributed by atoms with Crippen molar-refractivity contribution in [2.75, 3.05) is 12.4 Å². The van der Waals surface area contributed by atoms with E-state index in [0.29, 0.717) is 0 Å². The molecular weight excluding hydrogens is 296 g/mol. The van der Waals surface area contributed by atoms with Crippen molar-refractivity contribution in [3.8, 4) is 5.75 Å². The Morgan fingerprint density at radius 3 is 2.62 bits per heavy atom. The SMILES string of the molecule is COc1ccc(C(C)Nc2nc(Cl)ncc2[N+](=O)[O-])cc1. The number of benzene rings is 1. The van der Waals surface area contributed by atoms with Gasteiger partial charge >= 0.3 is 5.69 Å². The summed E-state index contributed by atoms with van der Waals surface area (Å²) < 4.78 is 5.09. The molecule has 0 aliphatic heterocycles. The summed E-state index contributed by atoms with van der Waals surface area (Å²) in [5, 5.41) is 13.9. The van der Waals surface area contributed by atoms with Crippen LogP contribution in [0.15, 0.2) is 30.5 Å². The van der Waals surface area contributed by atoms with Gasteiger partial charge in [0, 0.05) is 0 Å². The lowest BCUT2D eigenvalue weighted by molar-refractivity contribution is -0.384. The maximum absolute atomic E-state index is 11.0. The minimum Gasteiger partial charge on any atom is -0.497 e. The first-order chi connectivity index (χ1) is 10.0. The fourth-order valence-corrected chi connectivity index (χ4v) is 1.91. The van der Waals surface area contributed by atoms with Crippen molar-refractivity contribution >= 4 is 23.1 Å². The molecule has 2 rings (SSSR count). The van der Waals surface area contributed by atoms with E-state index in [-0.39, 0.29) is 22.8 Å². The van der Waals surface area contributed by atoms with E-state index in [0.717, 1.165) is 17.5 Å². The van der Waals surface area contributed by atoms with Crippen molar-refractivity contribution in [1.82, 2.24) is 9.97 Å². The quantitative estimate of drug-likeness (QED) is 0.518. The van der Waals surface area contributed by atoms with E-state index >= 15 is 0 Å². The van der Waals surface area contributed by atoms with Crippen molar-refractivity contribution in [2.45, 2.75) is 13.0 Å². The molecule has 1 N–H and O–H groups in total. The summed E-state index contributed by atoms with van der Waals surface area (Å²) in [5.41, 5.74) is 0.708. The van der Waals surface area contributed by atoms with Crippen molar-refractivity contribution in [3.05, 3.63) is 51.4 Å². The molecule has 0 aliphatic rings. The van der Waals surface area contributed by atoms with E-state index < -0.39 is 4.92 Å². The number of nitrogens with one attached hydrogen (secondary N) is 1. The molecule has 1 atom stereocenters. The van der Waals surface area contributed by atoms with E-state index in [1.807, 2.05) is 31.2 Å². The molecule has 0 aliphatic carbocycles. The number of anilines is 1. The van der Waals surface area contributed by atoms with E-state index in [9.17, 15) is 10.1 Å². The molecule has 2 aromatic rings. The number of aromatic nitrogens is 2. The largest absolute Gasteiger partial charge is 0.497 e. The van der Waals surface area contributed by atoms with Crippen LogP contribution >= 0.6 is 11.6 Å². The van der Waals surface area contributed by atoms with Crippen LogP contribution in [-0.4, -0.2) is 22.0 Å². The second-order valence-corrected chi connectivity index (χ2v) is 4.61. The monoisotopic (exact) mass is 308 g/mol. The topological polar surface area (TPSA) is 90.2 Å². The highest BCUT2D eigenvalue weighted by Crippen LogP contribution is 2.27. The summed E-state index contributed by atoms with van der Waals surface area (Å²) in [4.78, 5) is 17.9. The zero-order valence-corrected chi connectivity index (χ0v) is 12.2. The summed E-state index contributed by atoms with van der Waals surface area (Å²) in [7, 11) is 1.59. The minimum atomic E-state index is -0.556. The standard InChI is InChI=1S/C13H13ClN4O3/c1-8(9-3-5-10(21-2)6-4-9)16-12-11(18(19)20)7-15-13(14)17-12/h3-8H,1-2H3,(H,15,16,17). The molecule has 0 spiro atoms. The number of halogens is 1. The van der Waals surface area contributed by atoms with Gasteiger partial charge in [0.2, 0.25) is 11.1 Å². The molecule has 1 unspecified atom stereocenters. The first-order valence-electron chi connectivity index (χ1n) is 6.08. The van der Waals surface area contributed by atoms with Crippen LogP contribution in [0.1, 0.15) is 18.5 Å². The van der Waals surface area contributed by atoms with Crippen LogP contribution in [0.25, 0.3) is 0 Å². The molecule has 0 saturated heterocycles. The molecular formula is C13H13ClN4O3. The van der Waals surface area contributed by atoms with Crippen molar-refractivity contribution in [2.24, 2.45) is 0 Å². The van der Waals surface area contributed by atoms with Gasteiger partial charge in [0.05, 0.1) is 18.1 Å². The zero-order chi connectivity index (χ0) is 15.4. The second-order valence-electron chi connectivity index (χ2n) is 4.27. The minimum absolute atomic E-state index is 0.0509. The molecule has 0 fully saturated rings. The number of nitrogens with zero attached hydrogens (tertiary/aromatic N) is 3. The van der Waals surface area contributed by atoms with Crippen LogP contribution in [0.5, 0.6) is 5.75 Å². The molecule has 0 saturated carbocycles. The van der Waals surface area contributed by atoms with Gasteiger partial charge in [-0.25, -0.2) is 4.98 Å². The lowest BCUT2D eigenvalue weighted by atomic mass is 10.1. The fraction of sp³-hybridized carbons (Fsp3) is 0.231. The Hall–Kier alpha value is -2.41. The maximum atomic E-state index is 11.0. The lowest BCUT2D eigenvalue weighted by Crippen LogP contribution is -2.10. The van der Waals surface area contributed by atoms with Gasteiger partial charge in [0.25, 0.3) is 0 Å². The molecule has 7 nitrogen and oxygen atoms in total. The Morgan fingerprint density at radius 2 is 2.05 bits per heavy atom. The third kappa shape index (κ3) is 3.57. The van der Waals surface area contributed by atoms with Gasteiger partial charge in [-0.1, -0.05) is 12.1 Å². The molecule has 8 heteroatoms. The Kier molecular flexibility index (Phi) is 4.54. The molecule has 1 aromatic carbocycles. The van der Waals surface area contributed by atoms with Gasteiger partial charge in [-0.2, -0.15) is 4.98 Å². The smallest absolute Gasteiger partial charge is 0.329 e. The van der Waals surface area contributed by atoms with Gasteiger partial charge in [0.1, 0.15) is 11.9 Å². The fourth-order valence-electron chi connectivity index (χ4n) is 1.77. The Morgan fingerprint density at radius 1 is 1.38 bits per heavy atom. The van der Waals surface area contributed by atoms with Gasteiger partial charge in [-0.3, -0.25) is 10.1 Å². The Balaban J connectivity index is 2.24. The van der Waals surface area contributed by atoms with Crippen molar-refractivity contribution in [1.29, 1.82) is 0 Å². The average molecular weight is 309 g/mol. The first-order valence-corrected chi connectivity index (χ1v) is 6.46. The van der Waals surface area contributed by atoms with E-state index in [1.54, 1.807) is 7.11 Å². The summed E-state index contributed by atoms with van der Waals surface area (Å²) in [6.45, 7) is 1.86. The van der Waals surface area contributed by atoms with Gasteiger partial charge in [-0.15, -0.1) is 0 Å². The number of hydrogen-bond acceptors (Lipinski definition) is 6. The molecule has 0 radical (unpaired) electrons. The number of methoxy groups -OCH3 is 1. The van der Waals surface area contributed by atoms with Crippen LogP contribution in [0.2, 0.25) is 5.28 Å². The van der Waals surface area contributed by atoms with Crippen molar-refractivity contribution in [3.63, 3.8) is 0 Å². The molecule has 21 heavy (non-hydrogen) atoms. The predicted octanol–water partition coefficient (Wildman–Crippen LogP) is 3.22. The maximum Gasteiger partial charge on any atom is 0.329 e. The van der Waals surface area contributed by atoms with E-state index in [4.69, 9.17) is 16.3 Å². The summed E-state index contributed by atoms with van der Waals surface area (Å²) in [5.74, 6) is 0.824. The van der Waals surface area contributed by atoms with Gasteiger partial charge in [0.15, 0.2) is 0 Å². The number of nitro groups is 1. The third-order valence-electron chi connectivity index (χ3n) is 2.91. The Labute approximate surface area is 126 Å². The summed E-state index contributed by atoms with van der Waals surface area (Å²) in [6, 6.07) is 7.17. The Bertz CT molecular complexity index is 648. The first kappa shape index (κ1) is 15.0. The van der Waals surface area contributed by atoms with Crippen LogP contribution in [-0.2, 0) is 0 Å². The predicted molar refractivity (Wildman–Crippen MR) is 78.7 cm³/mol. The van der Waals surface area contributed by atoms with Crippen LogP contribution < -0.4 is 10.1 Å². The molecule has 1 heterocycles. The van der Waals surface area contributed by atoms with Crippen LogP contribution in [0, 0.1) is 10.1 Å². The molecule has 0 amide bonds. The lowest BCUT2D eigenvalue weighted by Gasteiger charge is -2.15. The second kappa shape index (κ2) is 6.36. The van der Waals surface area contributed by atoms with Gasteiger partial charge in [-0.05, 0) is 36.2 Å². The highest BCUT2D eigenvalue weighted by atomic mass is 35.5. The third-order valence-corrected chi connectivity index (χ3v) is 3.09. The van der Waals surface area contributed by atoms with E-state index in [1.165, 1.54) is 0 Å². The summed E-state index contributed by atoms with van der Waals surface area (Å²) >= 11 is 5.69. The zero-order valence-electron chi connectivity index (χ0n) is 11.4. The average Bonchev–Trinajstić information content (AvgIpc) is 2.47. The molecule has 110 valence electrons.